The summed E-state index contributed by atoms with van der Waals surface area (Å²) in [6.45, 7) is 0. The molecule has 0 spiro atoms. The highest BCUT2D eigenvalue weighted by Crippen LogP contribution is 2.47. The van der Waals surface area contributed by atoms with Crippen LogP contribution in [0, 0.1) is 5.82 Å². The predicted octanol–water partition coefficient (Wildman–Crippen LogP) is 3.56. The van der Waals surface area contributed by atoms with Crippen LogP contribution in [0.2, 0.25) is 0 Å². The minimum absolute atomic E-state index is 0.0355. The third-order valence-electron chi connectivity index (χ3n) is 3.89. The fourth-order valence-electron chi connectivity index (χ4n) is 2.57. The number of carbonyl (C=O) groups is 1. The second-order valence-electron chi connectivity index (χ2n) is 5.36. The van der Waals surface area contributed by atoms with E-state index >= 15 is 0 Å². The van der Waals surface area contributed by atoms with E-state index in [0.717, 1.165) is 0 Å². The molecule has 0 fully saturated rings. The van der Waals surface area contributed by atoms with E-state index in [9.17, 15) is 13.8 Å². The first-order valence-electron chi connectivity index (χ1n) is 7.66. The number of benzene rings is 2. The molecular weight excluding hydrogens is 358 g/mol. The Balaban J connectivity index is 2.23. The van der Waals surface area contributed by atoms with Crippen molar-refractivity contribution in [3.63, 3.8) is 0 Å². The Kier molecular flexibility index (Phi) is 5.13. The van der Waals surface area contributed by atoms with Crippen molar-refractivity contribution in [2.75, 3.05) is 14.2 Å². The maximum Gasteiger partial charge on any atom is 0.379 e. The van der Waals surface area contributed by atoms with Gasteiger partial charge in [0.15, 0.2) is 5.44 Å². The van der Waals surface area contributed by atoms with Crippen LogP contribution in [-0.4, -0.2) is 30.2 Å². The molecule has 0 aliphatic heterocycles. The van der Waals surface area contributed by atoms with E-state index in [1.165, 1.54) is 38.5 Å². The maximum absolute atomic E-state index is 13.3. The Hall–Kier alpha value is -2.60. The van der Waals surface area contributed by atoms with E-state index in [1.807, 2.05) is 0 Å². The van der Waals surface area contributed by atoms with E-state index in [1.54, 1.807) is 30.3 Å². The van der Waals surface area contributed by atoms with Gasteiger partial charge in [-0.1, -0.05) is 42.5 Å². The van der Waals surface area contributed by atoms with E-state index in [4.69, 9.17) is 9.05 Å². The Morgan fingerprint density at radius 2 is 1.65 bits per heavy atom. The second kappa shape index (κ2) is 7.33. The molecule has 0 saturated carbocycles. The normalized spacial score (nSPS) is 11.5. The molecule has 0 saturated heterocycles. The number of carbonyl (C=O) groups excluding carboxylic acids is 1. The van der Waals surface area contributed by atoms with E-state index < -0.39 is 13.4 Å². The average molecular weight is 374 g/mol. The molecule has 0 aliphatic rings. The summed E-state index contributed by atoms with van der Waals surface area (Å²) in [6.07, 6.45) is 0. The van der Waals surface area contributed by atoms with Crippen molar-refractivity contribution >= 4 is 18.8 Å². The molecule has 2 aromatic carbocycles. The van der Waals surface area contributed by atoms with Gasteiger partial charge in [0.05, 0.1) is 0 Å². The molecule has 6 nitrogen and oxygen atoms in total. The number of hydrogen-bond donors (Lipinski definition) is 1. The van der Waals surface area contributed by atoms with Crippen molar-refractivity contribution in [3.8, 4) is 11.1 Å². The summed E-state index contributed by atoms with van der Waals surface area (Å²) in [6, 6.07) is 14.0. The standard InChI is InChI=1S/C18H16FN2O4P/c1-24-26(23,25-2)18-15(12-8-10-14(19)11-9-12)16(20-21-18)17(22)13-6-4-3-5-7-13/h3-11H,1-2H3,(H,20,21). The van der Waals surface area contributed by atoms with Gasteiger partial charge in [0.1, 0.15) is 11.5 Å². The van der Waals surface area contributed by atoms with Crippen LogP contribution in [0.3, 0.4) is 0 Å². The number of nitrogens with one attached hydrogen (secondary N) is 1. The number of ketones is 1. The zero-order chi connectivity index (χ0) is 18.7. The van der Waals surface area contributed by atoms with Gasteiger partial charge in [-0.15, -0.1) is 0 Å². The summed E-state index contributed by atoms with van der Waals surface area (Å²) in [4.78, 5) is 12.9. The predicted molar refractivity (Wildman–Crippen MR) is 95.1 cm³/mol. The quantitative estimate of drug-likeness (QED) is 0.527. The zero-order valence-corrected chi connectivity index (χ0v) is 15.0. The van der Waals surface area contributed by atoms with Crippen LogP contribution >= 0.6 is 7.60 Å². The lowest BCUT2D eigenvalue weighted by Crippen LogP contribution is -2.13. The van der Waals surface area contributed by atoms with Crippen molar-refractivity contribution in [1.82, 2.24) is 10.2 Å². The lowest BCUT2D eigenvalue weighted by atomic mass is 10.0. The Labute approximate surface area is 149 Å². The van der Waals surface area contributed by atoms with Crippen LogP contribution in [-0.2, 0) is 13.6 Å². The van der Waals surface area contributed by atoms with Gasteiger partial charge in [-0.2, -0.15) is 5.10 Å². The van der Waals surface area contributed by atoms with Crippen molar-refractivity contribution < 1.29 is 22.8 Å². The third kappa shape index (κ3) is 3.24. The van der Waals surface area contributed by atoms with Crippen LogP contribution in [0.5, 0.6) is 0 Å². The van der Waals surface area contributed by atoms with Crippen LogP contribution < -0.4 is 5.44 Å². The fourth-order valence-corrected chi connectivity index (χ4v) is 3.76. The second-order valence-corrected chi connectivity index (χ2v) is 7.53. The summed E-state index contributed by atoms with van der Waals surface area (Å²) >= 11 is 0. The lowest BCUT2D eigenvalue weighted by Gasteiger charge is -2.14. The van der Waals surface area contributed by atoms with Crippen LogP contribution in [0.4, 0.5) is 4.39 Å². The number of H-pyrrole nitrogens is 1. The van der Waals surface area contributed by atoms with Crippen LogP contribution in [0.15, 0.2) is 54.6 Å². The third-order valence-corrected chi connectivity index (χ3v) is 5.72. The first-order valence-corrected chi connectivity index (χ1v) is 9.20. The Bertz CT molecular complexity index is 963. The summed E-state index contributed by atoms with van der Waals surface area (Å²) in [7, 11) is -1.25. The number of aromatic amines is 1. The molecule has 1 aromatic heterocycles. The topological polar surface area (TPSA) is 81.3 Å². The molecule has 0 bridgehead atoms. The van der Waals surface area contributed by atoms with Gasteiger partial charge in [0.25, 0.3) is 0 Å². The summed E-state index contributed by atoms with van der Waals surface area (Å²) < 4.78 is 36.3. The smallest absolute Gasteiger partial charge is 0.308 e. The van der Waals surface area contributed by atoms with Gasteiger partial charge < -0.3 is 9.05 Å². The first-order chi connectivity index (χ1) is 12.5. The Morgan fingerprint density at radius 3 is 2.23 bits per heavy atom. The molecular formula is C18H16FN2O4P. The molecule has 8 heteroatoms. The highest BCUT2D eigenvalue weighted by molar-refractivity contribution is 7.62. The first kappa shape index (κ1) is 18.2. The Morgan fingerprint density at radius 1 is 1.04 bits per heavy atom. The highest BCUT2D eigenvalue weighted by atomic mass is 31.2. The van der Waals surface area contributed by atoms with Gasteiger partial charge in [-0.3, -0.25) is 14.5 Å². The van der Waals surface area contributed by atoms with Crippen molar-refractivity contribution in [3.05, 3.63) is 71.7 Å². The molecule has 1 heterocycles. The van der Waals surface area contributed by atoms with Gasteiger partial charge in [-0.05, 0) is 17.7 Å². The monoisotopic (exact) mass is 374 g/mol. The van der Waals surface area contributed by atoms with E-state index in [2.05, 4.69) is 10.2 Å². The van der Waals surface area contributed by atoms with Gasteiger partial charge in [0, 0.05) is 25.3 Å². The van der Waals surface area contributed by atoms with Crippen molar-refractivity contribution in [2.45, 2.75) is 0 Å². The van der Waals surface area contributed by atoms with Gasteiger partial charge in [-0.25, -0.2) is 4.39 Å². The van der Waals surface area contributed by atoms with E-state index in [-0.39, 0.29) is 22.5 Å². The van der Waals surface area contributed by atoms with Crippen LogP contribution in [0.25, 0.3) is 11.1 Å². The molecule has 0 atom stereocenters. The lowest BCUT2D eigenvalue weighted by molar-refractivity contribution is 0.103. The fraction of sp³-hybridized carbons (Fsp3) is 0.111. The largest absolute Gasteiger partial charge is 0.379 e. The molecule has 0 unspecified atom stereocenters. The summed E-state index contributed by atoms with van der Waals surface area (Å²) in [5.74, 6) is -0.803. The SMILES string of the molecule is COP(=O)(OC)c1[nH]nc(C(=O)c2ccccc2)c1-c1ccc(F)cc1. The van der Waals surface area contributed by atoms with Crippen molar-refractivity contribution in [1.29, 1.82) is 0 Å². The minimum atomic E-state index is -3.72. The zero-order valence-electron chi connectivity index (χ0n) is 14.1. The molecule has 3 aromatic rings. The van der Waals surface area contributed by atoms with Crippen molar-refractivity contribution in [2.24, 2.45) is 0 Å². The molecule has 26 heavy (non-hydrogen) atoms. The summed E-state index contributed by atoms with van der Waals surface area (Å²) in [5, 5.41) is 6.66. The van der Waals surface area contributed by atoms with Crippen LogP contribution in [0.1, 0.15) is 16.1 Å². The number of nitrogens with zero attached hydrogens (tertiary/aromatic N) is 1. The number of rotatable bonds is 6. The maximum atomic E-state index is 13.3. The number of aromatic nitrogens is 2. The molecule has 1 N–H and O–H groups in total. The average Bonchev–Trinajstić information content (AvgIpc) is 3.13. The molecule has 0 radical (unpaired) electrons. The van der Waals surface area contributed by atoms with E-state index in [0.29, 0.717) is 11.1 Å². The number of halogens is 1. The molecule has 0 amide bonds. The molecule has 3 rings (SSSR count). The molecule has 0 aliphatic carbocycles. The van der Waals surface area contributed by atoms with Gasteiger partial charge in [0.2, 0.25) is 5.78 Å². The number of hydrogen-bond acceptors (Lipinski definition) is 5. The minimum Gasteiger partial charge on any atom is -0.308 e. The van der Waals surface area contributed by atoms with Gasteiger partial charge >= 0.3 is 7.60 Å². The summed E-state index contributed by atoms with van der Waals surface area (Å²) in [5.41, 5.74) is 1.22. The molecule has 134 valence electrons. The highest BCUT2D eigenvalue weighted by Gasteiger charge is 2.34.